The van der Waals surface area contributed by atoms with Crippen molar-refractivity contribution in [1.29, 1.82) is 0 Å². The molecule has 0 radical (unpaired) electrons. The Morgan fingerprint density at radius 3 is 2.54 bits per heavy atom. The zero-order valence-electron chi connectivity index (χ0n) is 14.7. The highest BCUT2D eigenvalue weighted by Crippen LogP contribution is 2.29. The minimum atomic E-state index is -0.283. The van der Waals surface area contributed by atoms with Gasteiger partial charge >= 0.3 is 0 Å². The number of halogens is 1. The average Bonchev–Trinajstić information content (AvgIpc) is 3.49. The van der Waals surface area contributed by atoms with Gasteiger partial charge in [0.1, 0.15) is 5.82 Å². The molecule has 2 aromatic rings. The first kappa shape index (κ1) is 18.1. The number of hydrogen-bond donors (Lipinski definition) is 1. The second kappa shape index (κ2) is 8.61. The first-order chi connectivity index (χ1) is 12.6. The van der Waals surface area contributed by atoms with Gasteiger partial charge in [-0.15, -0.1) is 0 Å². The third-order valence-electron chi connectivity index (χ3n) is 4.44. The lowest BCUT2D eigenvalue weighted by molar-refractivity contribution is -0.132. The van der Waals surface area contributed by atoms with E-state index in [1.807, 2.05) is 29.2 Å². The first-order valence-electron chi connectivity index (χ1n) is 9.00. The number of nitrogens with one attached hydrogen (secondary N) is 1. The van der Waals surface area contributed by atoms with Gasteiger partial charge in [-0.2, -0.15) is 0 Å². The van der Waals surface area contributed by atoms with E-state index < -0.39 is 0 Å². The van der Waals surface area contributed by atoms with E-state index in [1.54, 1.807) is 18.2 Å². The molecule has 136 valence electrons. The Balaban J connectivity index is 1.46. The summed E-state index contributed by atoms with van der Waals surface area (Å²) in [6, 6.07) is 15.7. The van der Waals surface area contributed by atoms with E-state index in [-0.39, 0.29) is 23.7 Å². The predicted octanol–water partition coefficient (Wildman–Crippen LogP) is 3.53. The number of amides is 2. The molecule has 0 bridgehead atoms. The van der Waals surface area contributed by atoms with Crippen molar-refractivity contribution in [2.24, 2.45) is 0 Å². The van der Waals surface area contributed by atoms with Crippen molar-refractivity contribution < 1.29 is 14.0 Å². The zero-order valence-corrected chi connectivity index (χ0v) is 14.7. The van der Waals surface area contributed by atoms with Crippen LogP contribution in [-0.4, -0.2) is 29.3 Å². The Morgan fingerprint density at radius 1 is 1.08 bits per heavy atom. The quantitative estimate of drug-likeness (QED) is 0.738. The summed E-state index contributed by atoms with van der Waals surface area (Å²) >= 11 is 0. The monoisotopic (exact) mass is 354 g/mol. The maximum atomic E-state index is 13.4. The van der Waals surface area contributed by atoms with Gasteiger partial charge in [-0.25, -0.2) is 4.39 Å². The van der Waals surface area contributed by atoms with E-state index in [4.69, 9.17) is 0 Å². The molecule has 2 amide bonds. The molecular weight excluding hydrogens is 331 g/mol. The van der Waals surface area contributed by atoms with Crippen molar-refractivity contribution in [3.8, 4) is 0 Å². The maximum absolute atomic E-state index is 13.4. The fourth-order valence-electron chi connectivity index (χ4n) is 2.92. The Morgan fingerprint density at radius 2 is 1.85 bits per heavy atom. The zero-order chi connectivity index (χ0) is 18.4. The van der Waals surface area contributed by atoms with Crippen LogP contribution in [0.4, 0.5) is 4.39 Å². The lowest BCUT2D eigenvalue weighted by atomic mass is 10.2. The van der Waals surface area contributed by atoms with E-state index >= 15 is 0 Å². The predicted molar refractivity (Wildman–Crippen MR) is 98.0 cm³/mol. The topological polar surface area (TPSA) is 49.4 Å². The summed E-state index contributed by atoms with van der Waals surface area (Å²) in [6.07, 6.45) is 2.97. The molecule has 0 spiro atoms. The molecule has 1 fully saturated rings. The van der Waals surface area contributed by atoms with Gasteiger partial charge in [-0.05, 0) is 49.1 Å². The van der Waals surface area contributed by atoms with Crippen molar-refractivity contribution in [1.82, 2.24) is 10.2 Å². The van der Waals surface area contributed by atoms with Crippen molar-refractivity contribution in [3.63, 3.8) is 0 Å². The molecule has 1 aliphatic rings. The van der Waals surface area contributed by atoms with Gasteiger partial charge in [-0.1, -0.05) is 30.3 Å². The third-order valence-corrected chi connectivity index (χ3v) is 4.44. The highest BCUT2D eigenvalue weighted by atomic mass is 19.1. The van der Waals surface area contributed by atoms with Crippen LogP contribution in [0.25, 0.3) is 0 Å². The number of nitrogens with zero attached hydrogens (tertiary/aromatic N) is 1. The standard InChI is InChI=1S/C21H23FN2O2/c22-18-9-4-6-16(14-18)15-24(19-11-12-19)20(25)10-5-13-23-21(26)17-7-2-1-3-8-17/h1-4,6-9,14,19H,5,10-13,15H2,(H,23,26). The van der Waals surface area contributed by atoms with Crippen LogP contribution in [0.1, 0.15) is 41.6 Å². The molecule has 1 saturated carbocycles. The lowest BCUT2D eigenvalue weighted by Crippen LogP contribution is -2.33. The second-order valence-electron chi connectivity index (χ2n) is 6.61. The second-order valence-corrected chi connectivity index (χ2v) is 6.61. The van der Waals surface area contributed by atoms with Crippen LogP contribution in [0.3, 0.4) is 0 Å². The minimum absolute atomic E-state index is 0.0609. The van der Waals surface area contributed by atoms with Gasteiger partial charge in [0, 0.05) is 31.1 Å². The van der Waals surface area contributed by atoms with Gasteiger partial charge < -0.3 is 10.2 Å². The molecule has 3 rings (SSSR count). The van der Waals surface area contributed by atoms with Crippen LogP contribution in [0.5, 0.6) is 0 Å². The van der Waals surface area contributed by atoms with Crippen molar-refractivity contribution in [3.05, 3.63) is 71.5 Å². The van der Waals surface area contributed by atoms with Gasteiger partial charge in [0.15, 0.2) is 0 Å². The first-order valence-corrected chi connectivity index (χ1v) is 9.00. The highest BCUT2D eigenvalue weighted by Gasteiger charge is 2.32. The molecule has 0 aromatic heterocycles. The van der Waals surface area contributed by atoms with E-state index in [1.165, 1.54) is 12.1 Å². The van der Waals surface area contributed by atoms with Crippen LogP contribution in [-0.2, 0) is 11.3 Å². The Kier molecular flexibility index (Phi) is 6.00. The average molecular weight is 354 g/mol. The summed E-state index contributed by atoms with van der Waals surface area (Å²) in [5.41, 5.74) is 1.42. The van der Waals surface area contributed by atoms with E-state index in [0.29, 0.717) is 31.5 Å². The molecule has 0 atom stereocenters. The van der Waals surface area contributed by atoms with E-state index in [9.17, 15) is 14.0 Å². The van der Waals surface area contributed by atoms with Gasteiger partial charge in [0.05, 0.1) is 0 Å². The molecular formula is C21H23FN2O2. The van der Waals surface area contributed by atoms with E-state index in [0.717, 1.165) is 18.4 Å². The normalized spacial score (nSPS) is 13.3. The van der Waals surface area contributed by atoms with Crippen LogP contribution in [0.2, 0.25) is 0 Å². The summed E-state index contributed by atoms with van der Waals surface area (Å²) in [4.78, 5) is 26.4. The highest BCUT2D eigenvalue weighted by molar-refractivity contribution is 5.94. The summed E-state index contributed by atoms with van der Waals surface area (Å²) in [6.45, 7) is 0.898. The molecule has 0 heterocycles. The maximum Gasteiger partial charge on any atom is 0.251 e. The van der Waals surface area contributed by atoms with Crippen molar-refractivity contribution >= 4 is 11.8 Å². The molecule has 2 aromatic carbocycles. The van der Waals surface area contributed by atoms with Crippen LogP contribution >= 0.6 is 0 Å². The van der Waals surface area contributed by atoms with Crippen molar-refractivity contribution in [2.75, 3.05) is 6.54 Å². The fraction of sp³-hybridized carbons (Fsp3) is 0.333. The summed E-state index contributed by atoms with van der Waals surface area (Å²) < 4.78 is 13.4. The largest absolute Gasteiger partial charge is 0.352 e. The van der Waals surface area contributed by atoms with Crippen molar-refractivity contribution in [2.45, 2.75) is 38.3 Å². The molecule has 5 heteroatoms. The van der Waals surface area contributed by atoms with Gasteiger partial charge in [0.25, 0.3) is 5.91 Å². The molecule has 0 unspecified atom stereocenters. The van der Waals surface area contributed by atoms with Crippen LogP contribution < -0.4 is 5.32 Å². The number of rotatable bonds is 8. The molecule has 1 aliphatic carbocycles. The van der Waals surface area contributed by atoms with Crippen LogP contribution in [0.15, 0.2) is 54.6 Å². The number of carbonyl (C=O) groups excluding carboxylic acids is 2. The summed E-state index contributed by atoms with van der Waals surface area (Å²) in [5, 5.41) is 2.84. The van der Waals surface area contributed by atoms with E-state index in [2.05, 4.69) is 5.32 Å². The van der Waals surface area contributed by atoms with Crippen LogP contribution in [0, 0.1) is 5.82 Å². The number of benzene rings is 2. The van der Waals surface area contributed by atoms with Gasteiger partial charge in [-0.3, -0.25) is 9.59 Å². The van der Waals surface area contributed by atoms with Gasteiger partial charge in [0.2, 0.25) is 5.91 Å². The molecule has 26 heavy (non-hydrogen) atoms. The summed E-state index contributed by atoms with van der Waals surface area (Å²) in [5.74, 6) is -0.350. The Bertz CT molecular complexity index is 760. The molecule has 0 saturated heterocycles. The Hall–Kier alpha value is -2.69. The lowest BCUT2D eigenvalue weighted by Gasteiger charge is -2.22. The SMILES string of the molecule is O=C(NCCCC(=O)N(Cc1cccc(F)c1)C1CC1)c1ccccc1. The minimum Gasteiger partial charge on any atom is -0.352 e. The molecule has 0 aliphatic heterocycles. The number of carbonyl (C=O) groups is 2. The third kappa shape index (κ3) is 5.15. The molecule has 1 N–H and O–H groups in total. The fourth-order valence-corrected chi connectivity index (χ4v) is 2.92. The molecule has 4 nitrogen and oxygen atoms in total. The Labute approximate surface area is 153 Å². The summed E-state index contributed by atoms with van der Waals surface area (Å²) in [7, 11) is 0. The smallest absolute Gasteiger partial charge is 0.251 e. The number of hydrogen-bond acceptors (Lipinski definition) is 2.